The van der Waals surface area contributed by atoms with E-state index in [0.29, 0.717) is 6.29 Å². The monoisotopic (exact) mass is 310 g/mol. The predicted octanol–water partition coefficient (Wildman–Crippen LogP) is 2.41. The normalized spacial score (nSPS) is 12.4. The van der Waals surface area contributed by atoms with Crippen LogP contribution < -0.4 is 0 Å². The van der Waals surface area contributed by atoms with Crippen molar-refractivity contribution in [2.75, 3.05) is 7.05 Å². The molecule has 0 aliphatic heterocycles. The van der Waals surface area contributed by atoms with Gasteiger partial charge in [0.2, 0.25) is 0 Å². The summed E-state index contributed by atoms with van der Waals surface area (Å²) in [5, 5.41) is 20.3. The number of amides is 1. The Bertz CT molecular complexity index is 593. The van der Waals surface area contributed by atoms with Crippen LogP contribution in [0.2, 0.25) is 0 Å². The van der Waals surface area contributed by atoms with Gasteiger partial charge in [-0.05, 0) is 32.4 Å². The molecule has 0 saturated carbocycles. The molecule has 1 aromatic rings. The van der Waals surface area contributed by atoms with Crippen molar-refractivity contribution in [2.45, 2.75) is 32.4 Å². The average molecular weight is 310 g/mol. The van der Waals surface area contributed by atoms with E-state index in [2.05, 4.69) is 0 Å². The average Bonchev–Trinajstić information content (AvgIpc) is 2.38. The number of phenolic OH excluding ortho intramolecular Hbond substituents is 1. The molecule has 0 spiro atoms. The van der Waals surface area contributed by atoms with Crippen LogP contribution in [-0.4, -0.2) is 40.0 Å². The molecule has 0 aromatic heterocycles. The molecule has 0 bridgehead atoms. The topological polar surface area (TPSA) is 110 Å². The summed E-state index contributed by atoms with van der Waals surface area (Å²) in [7, 11) is 1.35. The Labute approximate surface area is 127 Å². The van der Waals surface area contributed by atoms with Crippen LogP contribution in [0.15, 0.2) is 18.2 Å². The van der Waals surface area contributed by atoms with Crippen molar-refractivity contribution in [1.82, 2.24) is 4.90 Å². The Balaban J connectivity index is 3.11. The first kappa shape index (κ1) is 17.4. The lowest BCUT2D eigenvalue weighted by atomic mass is 10.1. The van der Waals surface area contributed by atoms with Gasteiger partial charge < -0.3 is 14.6 Å². The number of ether oxygens (including phenoxy) is 1. The second-order valence-corrected chi connectivity index (χ2v) is 5.68. The summed E-state index contributed by atoms with van der Waals surface area (Å²) < 4.78 is 5.15. The molecular weight excluding hydrogens is 292 g/mol. The minimum atomic E-state index is -1.06. The fraction of sp³-hybridized carbons (Fsp3) is 0.429. The predicted molar refractivity (Wildman–Crippen MR) is 77.6 cm³/mol. The van der Waals surface area contributed by atoms with E-state index in [1.807, 2.05) is 0 Å². The quantitative estimate of drug-likeness (QED) is 0.519. The number of hydrogen-bond donors (Lipinski definition) is 1. The fourth-order valence-corrected chi connectivity index (χ4v) is 1.71. The zero-order valence-corrected chi connectivity index (χ0v) is 12.8. The Morgan fingerprint density at radius 1 is 1.45 bits per heavy atom. The van der Waals surface area contributed by atoms with E-state index < -0.39 is 34.1 Å². The Morgan fingerprint density at radius 2 is 2.05 bits per heavy atom. The molecule has 0 saturated heterocycles. The summed E-state index contributed by atoms with van der Waals surface area (Å²) in [5.74, 6) is -0.515. The van der Waals surface area contributed by atoms with Crippen LogP contribution >= 0.6 is 0 Å². The van der Waals surface area contributed by atoms with Gasteiger partial charge in [0.05, 0.1) is 4.92 Å². The Kier molecular flexibility index (Phi) is 5.08. The maximum absolute atomic E-state index is 12.0. The fourth-order valence-electron chi connectivity index (χ4n) is 1.71. The summed E-state index contributed by atoms with van der Waals surface area (Å²) >= 11 is 0. The van der Waals surface area contributed by atoms with Gasteiger partial charge in [0.1, 0.15) is 17.9 Å². The van der Waals surface area contributed by atoms with E-state index in [9.17, 15) is 24.8 Å². The van der Waals surface area contributed by atoms with Crippen LogP contribution in [0.25, 0.3) is 0 Å². The molecule has 0 radical (unpaired) electrons. The number of phenols is 1. The van der Waals surface area contributed by atoms with Crippen molar-refractivity contribution in [3.05, 3.63) is 33.9 Å². The van der Waals surface area contributed by atoms with Crippen LogP contribution in [0.3, 0.4) is 0 Å². The van der Waals surface area contributed by atoms with E-state index >= 15 is 0 Å². The lowest BCUT2D eigenvalue weighted by Crippen LogP contribution is -2.37. The number of likely N-dealkylation sites (N-methyl/N-ethyl adjacent to an activating group) is 1. The molecule has 1 N–H and O–H groups in total. The zero-order valence-electron chi connectivity index (χ0n) is 12.8. The lowest BCUT2D eigenvalue weighted by Gasteiger charge is -2.28. The minimum Gasteiger partial charge on any atom is -0.502 e. The van der Waals surface area contributed by atoms with E-state index in [-0.39, 0.29) is 5.56 Å². The third-order valence-electron chi connectivity index (χ3n) is 2.77. The molecule has 1 aromatic carbocycles. The third kappa shape index (κ3) is 4.18. The summed E-state index contributed by atoms with van der Waals surface area (Å²) in [6.07, 6.45) is -0.264. The van der Waals surface area contributed by atoms with Gasteiger partial charge in [-0.1, -0.05) is 6.07 Å². The van der Waals surface area contributed by atoms with Gasteiger partial charge >= 0.3 is 11.8 Å². The number of hydrogen-bond acceptors (Lipinski definition) is 6. The van der Waals surface area contributed by atoms with E-state index in [1.165, 1.54) is 13.1 Å². The van der Waals surface area contributed by atoms with E-state index in [1.54, 1.807) is 20.8 Å². The summed E-state index contributed by atoms with van der Waals surface area (Å²) in [5.41, 5.74) is -1.07. The molecule has 8 heteroatoms. The van der Waals surface area contributed by atoms with Crippen LogP contribution in [0, 0.1) is 10.1 Å². The highest BCUT2D eigenvalue weighted by Crippen LogP contribution is 2.30. The number of aromatic hydroxyl groups is 1. The van der Waals surface area contributed by atoms with Crippen molar-refractivity contribution in [3.8, 4) is 5.75 Å². The minimum absolute atomic E-state index is 0.202. The smallest absolute Gasteiger partial charge is 0.410 e. The molecule has 1 amide bonds. The van der Waals surface area contributed by atoms with Crippen molar-refractivity contribution >= 4 is 18.1 Å². The first-order chi connectivity index (χ1) is 10.1. The van der Waals surface area contributed by atoms with E-state index in [0.717, 1.165) is 17.0 Å². The number of aldehydes is 1. The third-order valence-corrected chi connectivity index (χ3v) is 2.77. The molecule has 0 aliphatic rings. The molecule has 1 atom stereocenters. The summed E-state index contributed by atoms with van der Waals surface area (Å²) in [4.78, 5) is 34.4. The number of carbonyl (C=O) groups is 2. The van der Waals surface area contributed by atoms with Gasteiger partial charge in [-0.2, -0.15) is 0 Å². The first-order valence-corrected chi connectivity index (χ1v) is 6.45. The largest absolute Gasteiger partial charge is 0.502 e. The standard InChI is InChI=1S/C14H18N2O6/c1-14(2,3)22-13(19)15(4)11(8-17)9-5-6-12(18)10(7-9)16(20)21/h5-8,11,18H,1-4H3. The highest BCUT2D eigenvalue weighted by atomic mass is 16.6. The van der Waals surface area contributed by atoms with Gasteiger partial charge in [-0.3, -0.25) is 15.0 Å². The van der Waals surface area contributed by atoms with Gasteiger partial charge in [-0.15, -0.1) is 0 Å². The molecule has 8 nitrogen and oxygen atoms in total. The van der Waals surface area contributed by atoms with Gasteiger partial charge in [-0.25, -0.2) is 4.79 Å². The molecular formula is C14H18N2O6. The van der Waals surface area contributed by atoms with Crippen molar-refractivity contribution in [1.29, 1.82) is 0 Å². The molecule has 22 heavy (non-hydrogen) atoms. The second-order valence-electron chi connectivity index (χ2n) is 5.68. The summed E-state index contributed by atoms with van der Waals surface area (Å²) in [6.45, 7) is 5.04. The maximum Gasteiger partial charge on any atom is 0.410 e. The van der Waals surface area contributed by atoms with Crippen LogP contribution in [0.4, 0.5) is 10.5 Å². The lowest BCUT2D eigenvalue weighted by molar-refractivity contribution is -0.385. The Hall–Kier alpha value is -2.64. The highest BCUT2D eigenvalue weighted by molar-refractivity contribution is 5.75. The van der Waals surface area contributed by atoms with Crippen molar-refractivity contribution < 1.29 is 24.4 Å². The zero-order chi connectivity index (χ0) is 17.1. The first-order valence-electron chi connectivity index (χ1n) is 6.45. The number of carbonyl (C=O) groups excluding carboxylic acids is 2. The number of nitrogens with zero attached hydrogens (tertiary/aromatic N) is 2. The van der Waals surface area contributed by atoms with Gasteiger partial charge in [0, 0.05) is 13.1 Å². The summed E-state index contributed by atoms with van der Waals surface area (Å²) in [6, 6.07) is 2.43. The van der Waals surface area contributed by atoms with Crippen LogP contribution in [-0.2, 0) is 9.53 Å². The molecule has 1 rings (SSSR count). The second kappa shape index (κ2) is 6.42. The molecule has 120 valence electrons. The van der Waals surface area contributed by atoms with Gasteiger partial charge in [0.15, 0.2) is 5.75 Å². The SMILES string of the molecule is CN(C(=O)OC(C)(C)C)C(C=O)c1ccc(O)c([N+](=O)[O-])c1. The molecule has 1 unspecified atom stereocenters. The number of nitro groups is 1. The number of benzene rings is 1. The number of rotatable bonds is 4. The molecule has 0 heterocycles. The van der Waals surface area contributed by atoms with Crippen molar-refractivity contribution in [2.24, 2.45) is 0 Å². The van der Waals surface area contributed by atoms with Crippen LogP contribution in [0.5, 0.6) is 5.75 Å². The Morgan fingerprint density at radius 3 is 2.50 bits per heavy atom. The van der Waals surface area contributed by atoms with Gasteiger partial charge in [0.25, 0.3) is 0 Å². The maximum atomic E-state index is 12.0. The number of nitro benzene ring substituents is 1. The van der Waals surface area contributed by atoms with E-state index in [4.69, 9.17) is 4.74 Å². The molecule has 0 fully saturated rings. The highest BCUT2D eigenvalue weighted by Gasteiger charge is 2.27. The molecule has 0 aliphatic carbocycles. The van der Waals surface area contributed by atoms with Crippen molar-refractivity contribution in [3.63, 3.8) is 0 Å². The van der Waals surface area contributed by atoms with Crippen LogP contribution in [0.1, 0.15) is 32.4 Å².